The Hall–Kier alpha value is -1.16. The van der Waals surface area contributed by atoms with Crippen LogP contribution in [0.25, 0.3) is 0 Å². The molecule has 4 nitrogen and oxygen atoms in total. The normalized spacial score (nSPS) is 20.6. The van der Waals surface area contributed by atoms with Gasteiger partial charge in [-0.3, -0.25) is 0 Å². The van der Waals surface area contributed by atoms with Crippen molar-refractivity contribution in [2.45, 2.75) is 38.6 Å². The van der Waals surface area contributed by atoms with Gasteiger partial charge in [0.1, 0.15) is 0 Å². The second-order valence-corrected chi connectivity index (χ2v) is 3.73. The van der Waals surface area contributed by atoms with Gasteiger partial charge >= 0.3 is 5.69 Å². The molecule has 0 aliphatic heterocycles. The van der Waals surface area contributed by atoms with Crippen LogP contribution in [0.3, 0.4) is 0 Å². The first-order valence-corrected chi connectivity index (χ1v) is 5.10. The number of nitrogens with zero attached hydrogens (tertiary/aromatic N) is 1. The first-order chi connectivity index (χ1) is 6.72. The largest absolute Gasteiger partial charge is 0.345 e. The number of hydrogen-bond acceptors (Lipinski definition) is 3. The molecule has 4 heteroatoms. The van der Waals surface area contributed by atoms with Gasteiger partial charge in [-0.1, -0.05) is 6.92 Å². The highest BCUT2D eigenvalue weighted by atomic mass is 16.1. The van der Waals surface area contributed by atoms with Crippen molar-refractivity contribution in [2.75, 3.05) is 0 Å². The van der Waals surface area contributed by atoms with Crippen LogP contribution >= 0.6 is 0 Å². The Bertz CT molecular complexity index is 377. The van der Waals surface area contributed by atoms with Crippen LogP contribution < -0.4 is 11.4 Å². The van der Waals surface area contributed by atoms with Crippen molar-refractivity contribution in [3.8, 4) is 0 Å². The van der Waals surface area contributed by atoms with Crippen molar-refractivity contribution in [1.29, 1.82) is 0 Å². The van der Waals surface area contributed by atoms with Crippen molar-refractivity contribution < 1.29 is 0 Å². The van der Waals surface area contributed by atoms with E-state index in [0.717, 1.165) is 42.6 Å². The molecule has 0 aromatic carbocycles. The number of nitrogens with one attached hydrogen (secondary N) is 1. The summed E-state index contributed by atoms with van der Waals surface area (Å²) in [6.07, 6.45) is 3.75. The monoisotopic (exact) mass is 193 g/mol. The fourth-order valence-corrected chi connectivity index (χ4v) is 2.13. The zero-order valence-corrected chi connectivity index (χ0v) is 8.34. The average molecular weight is 193 g/mol. The van der Waals surface area contributed by atoms with E-state index in [-0.39, 0.29) is 11.7 Å². The van der Waals surface area contributed by atoms with E-state index in [4.69, 9.17) is 5.73 Å². The zero-order chi connectivity index (χ0) is 10.1. The van der Waals surface area contributed by atoms with E-state index in [1.807, 2.05) is 6.92 Å². The molecule has 14 heavy (non-hydrogen) atoms. The Morgan fingerprint density at radius 3 is 3.14 bits per heavy atom. The molecular weight excluding hydrogens is 178 g/mol. The standard InChI is InChI=1S/C10H15N3O/c1-2-7-9-6(11)4-3-5-8(9)13-10(14)12-7/h6H,2-5,11H2,1H3,(H,12,13,14). The average Bonchev–Trinajstić information content (AvgIpc) is 2.16. The summed E-state index contributed by atoms with van der Waals surface area (Å²) in [6, 6.07) is 0.0537. The third-order valence-electron chi connectivity index (χ3n) is 2.78. The highest BCUT2D eigenvalue weighted by molar-refractivity contribution is 5.30. The lowest BCUT2D eigenvalue weighted by molar-refractivity contribution is 0.546. The summed E-state index contributed by atoms with van der Waals surface area (Å²) in [5, 5.41) is 0. The first-order valence-electron chi connectivity index (χ1n) is 5.10. The molecule has 1 unspecified atom stereocenters. The highest BCUT2D eigenvalue weighted by Gasteiger charge is 2.21. The predicted octanol–water partition coefficient (Wildman–Crippen LogP) is 0.668. The van der Waals surface area contributed by atoms with Crippen LogP contribution in [0, 0.1) is 0 Å². The molecule has 3 N–H and O–H groups in total. The molecule has 0 saturated heterocycles. The SMILES string of the molecule is CCc1nc(=O)[nH]c2c1C(N)CCC2. The fraction of sp³-hybridized carbons (Fsp3) is 0.600. The summed E-state index contributed by atoms with van der Waals surface area (Å²) in [5.74, 6) is 0. The minimum atomic E-state index is -0.241. The fourth-order valence-electron chi connectivity index (χ4n) is 2.13. The topological polar surface area (TPSA) is 71.8 Å². The first kappa shape index (κ1) is 9.40. The van der Waals surface area contributed by atoms with Crippen molar-refractivity contribution >= 4 is 0 Å². The van der Waals surface area contributed by atoms with Crippen LogP contribution in [-0.2, 0) is 12.8 Å². The van der Waals surface area contributed by atoms with Gasteiger partial charge in [-0.25, -0.2) is 4.79 Å². The van der Waals surface area contributed by atoms with Gasteiger partial charge in [-0.2, -0.15) is 4.98 Å². The summed E-state index contributed by atoms with van der Waals surface area (Å²) in [5.41, 5.74) is 8.72. The van der Waals surface area contributed by atoms with E-state index in [1.54, 1.807) is 0 Å². The van der Waals surface area contributed by atoms with Crippen LogP contribution in [0.2, 0.25) is 0 Å². The van der Waals surface area contributed by atoms with Crippen LogP contribution in [0.5, 0.6) is 0 Å². The van der Waals surface area contributed by atoms with E-state index >= 15 is 0 Å². The summed E-state index contributed by atoms with van der Waals surface area (Å²) >= 11 is 0. The maximum Gasteiger partial charge on any atom is 0.345 e. The minimum absolute atomic E-state index is 0.0537. The molecule has 1 atom stereocenters. The van der Waals surface area contributed by atoms with E-state index in [1.165, 1.54) is 0 Å². The third kappa shape index (κ3) is 1.46. The molecule has 0 fully saturated rings. The van der Waals surface area contributed by atoms with E-state index in [0.29, 0.717) is 0 Å². The molecule has 2 rings (SSSR count). The van der Waals surface area contributed by atoms with Crippen molar-refractivity contribution in [3.63, 3.8) is 0 Å². The van der Waals surface area contributed by atoms with Crippen molar-refractivity contribution in [1.82, 2.24) is 9.97 Å². The van der Waals surface area contributed by atoms with Crippen LogP contribution in [0.4, 0.5) is 0 Å². The Labute approximate surface area is 82.6 Å². The number of hydrogen-bond donors (Lipinski definition) is 2. The quantitative estimate of drug-likeness (QED) is 0.688. The zero-order valence-electron chi connectivity index (χ0n) is 8.34. The van der Waals surface area contributed by atoms with Crippen molar-refractivity contribution in [3.05, 3.63) is 27.4 Å². The maximum atomic E-state index is 11.2. The van der Waals surface area contributed by atoms with Gasteiger partial charge in [0.25, 0.3) is 0 Å². The molecule has 1 aliphatic rings. The Kier molecular flexibility index (Phi) is 2.37. The number of aromatic nitrogens is 2. The lowest BCUT2D eigenvalue weighted by atomic mass is 9.90. The number of rotatable bonds is 1. The molecular formula is C10H15N3O. The number of H-pyrrole nitrogens is 1. The van der Waals surface area contributed by atoms with Gasteiger partial charge in [0.05, 0.1) is 5.69 Å². The minimum Gasteiger partial charge on any atom is -0.324 e. The summed E-state index contributed by atoms with van der Waals surface area (Å²) in [7, 11) is 0. The lowest BCUT2D eigenvalue weighted by Gasteiger charge is -2.23. The molecule has 0 spiro atoms. The smallest absolute Gasteiger partial charge is 0.324 e. The second kappa shape index (κ2) is 3.53. The number of aryl methyl sites for hydroxylation is 2. The Morgan fingerprint density at radius 2 is 2.43 bits per heavy atom. The Balaban J connectivity index is 2.61. The van der Waals surface area contributed by atoms with Gasteiger partial charge in [0, 0.05) is 17.3 Å². The van der Waals surface area contributed by atoms with Gasteiger partial charge in [-0.05, 0) is 25.7 Å². The predicted molar refractivity (Wildman–Crippen MR) is 54.1 cm³/mol. The molecule has 76 valence electrons. The van der Waals surface area contributed by atoms with E-state index < -0.39 is 0 Å². The molecule has 0 radical (unpaired) electrons. The molecule has 1 heterocycles. The van der Waals surface area contributed by atoms with Gasteiger partial charge in [0.2, 0.25) is 0 Å². The van der Waals surface area contributed by atoms with Crippen LogP contribution in [0.15, 0.2) is 4.79 Å². The molecule has 0 amide bonds. The number of nitrogens with two attached hydrogens (primary N) is 1. The highest BCUT2D eigenvalue weighted by Crippen LogP contribution is 2.27. The summed E-state index contributed by atoms with van der Waals surface area (Å²) < 4.78 is 0. The molecule has 1 aliphatic carbocycles. The number of fused-ring (bicyclic) bond motifs is 1. The maximum absolute atomic E-state index is 11.2. The lowest BCUT2D eigenvalue weighted by Crippen LogP contribution is -2.26. The second-order valence-electron chi connectivity index (χ2n) is 3.73. The van der Waals surface area contributed by atoms with Gasteiger partial charge < -0.3 is 10.7 Å². The third-order valence-corrected chi connectivity index (χ3v) is 2.78. The Morgan fingerprint density at radius 1 is 1.64 bits per heavy atom. The molecule has 1 aromatic heterocycles. The van der Waals surface area contributed by atoms with Gasteiger partial charge in [0.15, 0.2) is 0 Å². The molecule has 0 saturated carbocycles. The van der Waals surface area contributed by atoms with E-state index in [9.17, 15) is 4.79 Å². The molecule has 0 bridgehead atoms. The number of aromatic amines is 1. The van der Waals surface area contributed by atoms with Crippen LogP contribution in [0.1, 0.15) is 42.8 Å². The molecule has 1 aromatic rings. The van der Waals surface area contributed by atoms with E-state index in [2.05, 4.69) is 9.97 Å². The van der Waals surface area contributed by atoms with Crippen LogP contribution in [-0.4, -0.2) is 9.97 Å². The summed E-state index contributed by atoms with van der Waals surface area (Å²) in [6.45, 7) is 2.00. The van der Waals surface area contributed by atoms with Gasteiger partial charge in [-0.15, -0.1) is 0 Å². The van der Waals surface area contributed by atoms with Crippen molar-refractivity contribution in [2.24, 2.45) is 5.73 Å². The summed E-state index contributed by atoms with van der Waals surface area (Å²) in [4.78, 5) is 18.0.